The van der Waals surface area contributed by atoms with Gasteiger partial charge in [0.25, 0.3) is 11.3 Å². The second-order valence-corrected chi connectivity index (χ2v) is 7.50. The lowest BCUT2D eigenvalue weighted by atomic mass is 10.2. The van der Waals surface area contributed by atoms with E-state index in [0.29, 0.717) is 18.1 Å². The Balaban J connectivity index is 0.000000451. The minimum Gasteiger partial charge on any atom is -0.475 e. The molecule has 13 heteroatoms. The number of halogens is 3. The van der Waals surface area contributed by atoms with Gasteiger partial charge in [-0.15, -0.1) is 11.8 Å². The second kappa shape index (κ2) is 10.3. The number of hydrogen-bond acceptors (Lipinski definition) is 6. The van der Waals surface area contributed by atoms with Crippen molar-refractivity contribution in [2.45, 2.75) is 31.0 Å². The van der Waals surface area contributed by atoms with Crippen molar-refractivity contribution in [3.63, 3.8) is 0 Å². The second-order valence-electron chi connectivity index (χ2n) is 6.62. The first-order valence-electron chi connectivity index (χ1n) is 9.03. The van der Waals surface area contributed by atoms with Gasteiger partial charge in [-0.05, 0) is 30.9 Å². The third kappa shape index (κ3) is 6.83. The molecular weight excluding hydrogens is 451 g/mol. The number of benzene rings is 1. The molecule has 0 aliphatic carbocycles. The van der Waals surface area contributed by atoms with E-state index in [0.717, 1.165) is 10.5 Å². The van der Waals surface area contributed by atoms with Crippen LogP contribution in [0.5, 0.6) is 0 Å². The summed E-state index contributed by atoms with van der Waals surface area (Å²) in [5, 5.41) is 9.96. The molecule has 0 unspecified atom stereocenters. The van der Waals surface area contributed by atoms with Crippen LogP contribution >= 0.6 is 11.8 Å². The predicted octanol–water partition coefficient (Wildman–Crippen LogP) is 2.28. The molecule has 0 bridgehead atoms. The van der Waals surface area contributed by atoms with Gasteiger partial charge in [-0.3, -0.25) is 14.7 Å². The number of carbonyl (C=O) groups excluding carboxylic acids is 1. The van der Waals surface area contributed by atoms with Crippen LogP contribution in [0.4, 0.5) is 13.2 Å². The van der Waals surface area contributed by atoms with Crippen molar-refractivity contribution in [3.8, 4) is 0 Å². The molecule has 2 heterocycles. The number of carboxylic acids is 1. The van der Waals surface area contributed by atoms with E-state index >= 15 is 0 Å². The summed E-state index contributed by atoms with van der Waals surface area (Å²) in [6, 6.07) is 9.51. The van der Waals surface area contributed by atoms with Crippen molar-refractivity contribution < 1.29 is 27.9 Å². The number of nitrogens with one attached hydrogen (secondary N) is 1. The lowest BCUT2D eigenvalue weighted by Crippen LogP contribution is -2.28. The Labute approximate surface area is 184 Å². The van der Waals surface area contributed by atoms with Gasteiger partial charge >= 0.3 is 12.1 Å². The quantitative estimate of drug-likeness (QED) is 0.548. The van der Waals surface area contributed by atoms with E-state index in [-0.39, 0.29) is 23.7 Å². The number of H-pyrrole nitrogens is 1. The highest BCUT2D eigenvalue weighted by molar-refractivity contribution is 7.98. The summed E-state index contributed by atoms with van der Waals surface area (Å²) in [6.07, 6.45) is -2.98. The molecule has 172 valence electrons. The fourth-order valence-corrected chi connectivity index (χ4v) is 3.01. The summed E-state index contributed by atoms with van der Waals surface area (Å²) in [5.74, 6) is -2.14. The molecule has 1 aromatic carbocycles. The molecule has 0 aliphatic heterocycles. The summed E-state index contributed by atoms with van der Waals surface area (Å²) in [6.45, 7) is 2.25. The fourth-order valence-electron chi connectivity index (χ4n) is 2.53. The molecule has 0 saturated heterocycles. The van der Waals surface area contributed by atoms with Crippen molar-refractivity contribution in [1.82, 2.24) is 24.5 Å². The predicted molar refractivity (Wildman–Crippen MR) is 110 cm³/mol. The van der Waals surface area contributed by atoms with Gasteiger partial charge in [0.05, 0.1) is 6.42 Å². The number of likely N-dealkylation sites (N-methyl/N-ethyl adjacent to an activating group) is 1. The third-order valence-corrected chi connectivity index (χ3v) is 4.77. The Morgan fingerprint density at radius 2 is 1.91 bits per heavy atom. The summed E-state index contributed by atoms with van der Waals surface area (Å²) in [7, 11) is 1.76. The molecule has 0 spiro atoms. The third-order valence-electron chi connectivity index (χ3n) is 4.05. The van der Waals surface area contributed by atoms with Crippen LogP contribution in [0.2, 0.25) is 0 Å². The number of amides is 1. The number of aromatic nitrogens is 4. The summed E-state index contributed by atoms with van der Waals surface area (Å²) in [4.78, 5) is 44.5. The van der Waals surface area contributed by atoms with Gasteiger partial charge < -0.3 is 10.0 Å². The molecule has 2 aromatic heterocycles. The van der Waals surface area contributed by atoms with E-state index < -0.39 is 12.1 Å². The maximum Gasteiger partial charge on any atom is 0.490 e. The molecule has 3 aromatic rings. The number of aryl methyl sites for hydroxylation is 1. The number of aliphatic carboxylic acids is 1. The Kier molecular flexibility index (Phi) is 8.02. The normalized spacial score (nSPS) is 11.1. The van der Waals surface area contributed by atoms with E-state index in [1.165, 1.54) is 10.6 Å². The number of hydrogen-bond donors (Lipinski definition) is 2. The van der Waals surface area contributed by atoms with Crippen LogP contribution in [0.1, 0.15) is 17.1 Å². The SMILES string of the molecule is CSc1cccc(CN(C)C(=O)Cc2nc3nc(C)cc(=O)n3[nH]2)c1.O=C(O)C(F)(F)F. The van der Waals surface area contributed by atoms with Crippen LogP contribution < -0.4 is 5.56 Å². The Hall–Kier alpha value is -3.35. The standard InChI is InChI=1S/C17H19N5O2S.C2HF3O2/c1-11-7-16(24)22-17(18-11)19-14(20-22)9-15(23)21(2)10-12-5-4-6-13(8-12)25-3;3-2(4,5)1(6)7/h4-8H,9-10H2,1-3H3,(H,18,19,20);(H,6,7). The van der Waals surface area contributed by atoms with Crippen molar-refractivity contribution in [1.29, 1.82) is 0 Å². The zero-order valence-electron chi connectivity index (χ0n) is 17.3. The number of thioether (sulfide) groups is 1. The van der Waals surface area contributed by atoms with Crippen LogP contribution in [0, 0.1) is 6.92 Å². The van der Waals surface area contributed by atoms with Crippen molar-refractivity contribution in [3.05, 3.63) is 57.8 Å². The van der Waals surface area contributed by atoms with Gasteiger partial charge in [0.1, 0.15) is 5.82 Å². The van der Waals surface area contributed by atoms with Crippen LogP contribution in [0.15, 0.2) is 40.0 Å². The molecule has 2 N–H and O–H groups in total. The summed E-state index contributed by atoms with van der Waals surface area (Å²) >= 11 is 1.67. The van der Waals surface area contributed by atoms with E-state index in [1.54, 1.807) is 30.6 Å². The summed E-state index contributed by atoms with van der Waals surface area (Å²) < 4.78 is 33.0. The monoisotopic (exact) mass is 471 g/mol. The molecule has 3 rings (SSSR count). The maximum absolute atomic E-state index is 12.5. The average Bonchev–Trinajstić information content (AvgIpc) is 3.10. The number of fused-ring (bicyclic) bond motifs is 1. The molecule has 0 aliphatic rings. The van der Waals surface area contributed by atoms with E-state index in [1.807, 2.05) is 24.5 Å². The zero-order valence-corrected chi connectivity index (χ0v) is 18.1. The van der Waals surface area contributed by atoms with Crippen LogP contribution in [0.3, 0.4) is 0 Å². The number of rotatable bonds is 5. The van der Waals surface area contributed by atoms with Crippen LogP contribution in [-0.2, 0) is 22.6 Å². The fraction of sp³-hybridized carbons (Fsp3) is 0.316. The Morgan fingerprint density at radius 3 is 2.50 bits per heavy atom. The lowest BCUT2D eigenvalue weighted by Gasteiger charge is -2.17. The molecular formula is C19H20F3N5O4S. The first-order chi connectivity index (χ1) is 14.9. The van der Waals surface area contributed by atoms with E-state index in [9.17, 15) is 22.8 Å². The number of carboxylic acid groups (broad SMARTS) is 1. The molecule has 32 heavy (non-hydrogen) atoms. The molecule has 0 radical (unpaired) electrons. The van der Waals surface area contributed by atoms with Gasteiger partial charge in [-0.2, -0.15) is 22.7 Å². The Morgan fingerprint density at radius 1 is 1.25 bits per heavy atom. The highest BCUT2D eigenvalue weighted by atomic mass is 32.2. The van der Waals surface area contributed by atoms with E-state index in [2.05, 4.69) is 21.1 Å². The van der Waals surface area contributed by atoms with Gasteiger partial charge in [0, 0.05) is 30.2 Å². The molecule has 0 fully saturated rings. The minimum absolute atomic E-state index is 0.0839. The molecule has 1 amide bonds. The van der Waals surface area contributed by atoms with Gasteiger partial charge in [-0.1, -0.05) is 12.1 Å². The smallest absolute Gasteiger partial charge is 0.475 e. The largest absolute Gasteiger partial charge is 0.490 e. The zero-order chi connectivity index (χ0) is 24.1. The van der Waals surface area contributed by atoms with E-state index in [4.69, 9.17) is 9.90 Å². The van der Waals surface area contributed by atoms with Crippen molar-refractivity contribution in [2.75, 3.05) is 13.3 Å². The van der Waals surface area contributed by atoms with Crippen LogP contribution in [-0.4, -0.2) is 60.9 Å². The highest BCUT2D eigenvalue weighted by Crippen LogP contribution is 2.17. The lowest BCUT2D eigenvalue weighted by molar-refractivity contribution is -0.192. The maximum atomic E-state index is 12.5. The van der Waals surface area contributed by atoms with Crippen molar-refractivity contribution in [2.24, 2.45) is 0 Å². The number of alkyl halides is 3. The minimum atomic E-state index is -5.08. The number of carbonyl (C=O) groups is 2. The molecule has 9 nitrogen and oxygen atoms in total. The van der Waals surface area contributed by atoms with Crippen LogP contribution in [0.25, 0.3) is 5.78 Å². The van der Waals surface area contributed by atoms with Gasteiger partial charge in [-0.25, -0.2) is 9.78 Å². The topological polar surface area (TPSA) is 121 Å². The first-order valence-corrected chi connectivity index (χ1v) is 10.3. The molecule has 0 saturated carbocycles. The number of aromatic amines is 1. The molecule has 0 atom stereocenters. The number of nitrogens with zero attached hydrogens (tertiary/aromatic N) is 4. The average molecular weight is 471 g/mol. The summed E-state index contributed by atoms with van der Waals surface area (Å²) in [5.41, 5.74) is 1.43. The van der Waals surface area contributed by atoms with Crippen molar-refractivity contribution >= 4 is 29.4 Å². The van der Waals surface area contributed by atoms with Gasteiger partial charge in [0.2, 0.25) is 5.91 Å². The first kappa shape index (κ1) is 24.9. The highest BCUT2D eigenvalue weighted by Gasteiger charge is 2.38. The van der Waals surface area contributed by atoms with Gasteiger partial charge in [0.15, 0.2) is 0 Å². The Bertz CT molecular complexity index is 1180.